The van der Waals surface area contributed by atoms with Crippen LogP contribution >= 0.6 is 63.7 Å². The van der Waals surface area contributed by atoms with E-state index in [1.165, 1.54) is 0 Å². The average Bonchev–Trinajstić information content (AvgIpc) is 3.28. The molecule has 0 aliphatic rings. The number of rotatable bonds is 18. The van der Waals surface area contributed by atoms with Crippen molar-refractivity contribution < 1.29 is 38.1 Å². The highest BCUT2D eigenvalue weighted by Crippen LogP contribution is 2.33. The molecule has 0 heterocycles. The SMILES string of the molecule is CC(C)(Br)C(=O)OCCN(CCOC(=O)C(C)(C)Br)c1ccc(C#Cc2c3ccccc3c(C#Cc3ccc(N(CCOC(=O)C(C)(C)Br)CCOC(=O)C(C)(C)Br)cc3)c3ccccc23)cc1. The molecule has 0 amide bonds. The van der Waals surface area contributed by atoms with E-state index in [4.69, 9.17) is 18.9 Å². The third-order valence-electron chi connectivity index (χ3n) is 10.4. The van der Waals surface area contributed by atoms with Crippen LogP contribution in [-0.4, -0.2) is 93.8 Å². The number of carbonyl (C=O) groups excluding carboxylic acids is 4. The van der Waals surface area contributed by atoms with Crippen LogP contribution in [0.5, 0.6) is 0 Å². The van der Waals surface area contributed by atoms with Gasteiger partial charge in [-0.1, -0.05) is 136 Å². The Kier molecular flexibility index (Phi) is 18.8. The fourth-order valence-corrected chi connectivity index (χ4v) is 7.06. The molecule has 0 aromatic heterocycles. The first-order valence-electron chi connectivity index (χ1n) is 22.1. The van der Waals surface area contributed by atoms with Crippen molar-refractivity contribution in [2.24, 2.45) is 0 Å². The standard InChI is InChI=1S/C54H56Br4N2O8/c1-51(2,55)47(61)65-33-29-59(30-34-66-48(62)52(3,4)56)39-23-17-37(18-24-39)21-27-45-41-13-9-11-15-43(41)46(44-16-12-10-14-42(44)45)28-22-38-19-25-40(26-20-38)60(31-35-67-49(63)53(5,6)57)32-36-68-50(64)54(7,8)58/h9-20,23-26H,29-36H2,1-8H3. The predicted molar refractivity (Wildman–Crippen MR) is 287 cm³/mol. The highest BCUT2D eigenvalue weighted by Gasteiger charge is 2.28. The van der Waals surface area contributed by atoms with Gasteiger partial charge in [0, 0.05) is 33.6 Å². The molecule has 0 atom stereocenters. The molecule has 0 saturated carbocycles. The van der Waals surface area contributed by atoms with Gasteiger partial charge in [0.2, 0.25) is 0 Å². The van der Waals surface area contributed by atoms with Gasteiger partial charge in [-0.2, -0.15) is 0 Å². The molecule has 0 unspecified atom stereocenters. The molecular weight excluding hydrogens is 1120 g/mol. The number of fused-ring (bicyclic) bond motifs is 2. The van der Waals surface area contributed by atoms with Crippen molar-refractivity contribution in [3.63, 3.8) is 0 Å². The van der Waals surface area contributed by atoms with Crippen molar-refractivity contribution in [2.75, 3.05) is 62.4 Å². The van der Waals surface area contributed by atoms with E-state index in [2.05, 4.69) is 112 Å². The fourth-order valence-electron chi connectivity index (χ4n) is 6.60. The second-order valence-electron chi connectivity index (χ2n) is 17.8. The number of anilines is 2. The van der Waals surface area contributed by atoms with Crippen molar-refractivity contribution in [3.8, 4) is 23.7 Å². The summed E-state index contributed by atoms with van der Waals surface area (Å²) in [5.41, 5.74) is 5.11. The lowest BCUT2D eigenvalue weighted by atomic mass is 9.92. The maximum absolute atomic E-state index is 12.4. The summed E-state index contributed by atoms with van der Waals surface area (Å²) in [7, 11) is 0. The molecule has 5 aromatic rings. The van der Waals surface area contributed by atoms with Gasteiger partial charge in [-0.15, -0.1) is 0 Å². The summed E-state index contributed by atoms with van der Waals surface area (Å²) in [5.74, 6) is 12.3. The van der Waals surface area contributed by atoms with E-state index in [1.807, 2.05) is 82.6 Å². The molecule has 0 fully saturated rings. The minimum Gasteiger partial charge on any atom is -0.463 e. The van der Waals surface area contributed by atoms with Crippen LogP contribution in [0.1, 0.15) is 77.6 Å². The summed E-state index contributed by atoms with van der Waals surface area (Å²) < 4.78 is 18.9. The molecule has 0 aliphatic carbocycles. The predicted octanol–water partition coefficient (Wildman–Crippen LogP) is 11.3. The summed E-state index contributed by atoms with van der Waals surface area (Å²) in [4.78, 5) is 53.8. The fraction of sp³-hybridized carbons (Fsp3) is 0.370. The number of ether oxygens (including phenoxy) is 4. The number of carbonyl (C=O) groups is 4. The van der Waals surface area contributed by atoms with Gasteiger partial charge in [0.25, 0.3) is 0 Å². The second-order valence-corrected chi connectivity index (χ2v) is 25.8. The maximum Gasteiger partial charge on any atom is 0.322 e. The largest absolute Gasteiger partial charge is 0.463 e. The molecule has 14 heteroatoms. The number of nitrogens with zero attached hydrogens (tertiary/aromatic N) is 2. The molecular formula is C54H56Br4N2O8. The lowest BCUT2D eigenvalue weighted by molar-refractivity contribution is -0.146. The van der Waals surface area contributed by atoms with Crippen molar-refractivity contribution in [1.29, 1.82) is 0 Å². The molecule has 0 bridgehead atoms. The Hall–Kier alpha value is -4.86. The third-order valence-corrected chi connectivity index (χ3v) is 11.7. The summed E-state index contributed by atoms with van der Waals surface area (Å²) >= 11 is 13.4. The Balaban J connectivity index is 1.40. The number of hydrogen-bond donors (Lipinski definition) is 0. The van der Waals surface area contributed by atoms with Crippen LogP contribution in [0.15, 0.2) is 97.1 Å². The van der Waals surface area contributed by atoms with Crippen LogP contribution < -0.4 is 9.80 Å². The Morgan fingerprint density at radius 1 is 0.397 bits per heavy atom. The molecule has 10 nitrogen and oxygen atoms in total. The van der Waals surface area contributed by atoms with E-state index in [-0.39, 0.29) is 50.3 Å². The highest BCUT2D eigenvalue weighted by atomic mass is 79.9. The van der Waals surface area contributed by atoms with Crippen LogP contribution in [0, 0.1) is 23.7 Å². The Bertz CT molecular complexity index is 2420. The van der Waals surface area contributed by atoms with Gasteiger partial charge in [0.1, 0.15) is 43.7 Å². The third kappa shape index (κ3) is 15.6. The van der Waals surface area contributed by atoms with E-state index in [1.54, 1.807) is 55.4 Å². The van der Waals surface area contributed by atoms with Gasteiger partial charge in [-0.05, 0) is 125 Å². The Morgan fingerprint density at radius 3 is 0.853 bits per heavy atom. The Morgan fingerprint density at radius 2 is 0.632 bits per heavy atom. The van der Waals surface area contributed by atoms with Crippen LogP contribution in [0.4, 0.5) is 11.4 Å². The molecule has 0 radical (unpaired) electrons. The second kappa shape index (κ2) is 23.6. The number of benzene rings is 5. The molecule has 358 valence electrons. The number of hydrogen-bond acceptors (Lipinski definition) is 10. The number of esters is 4. The normalized spacial score (nSPS) is 11.7. The molecule has 0 saturated heterocycles. The first kappa shape index (κ1) is 54.1. The molecule has 0 spiro atoms. The van der Waals surface area contributed by atoms with Crippen LogP contribution in [0.25, 0.3) is 21.5 Å². The van der Waals surface area contributed by atoms with Crippen molar-refractivity contribution in [2.45, 2.75) is 72.7 Å². The van der Waals surface area contributed by atoms with Crippen molar-refractivity contribution in [3.05, 3.63) is 119 Å². The summed E-state index contributed by atoms with van der Waals surface area (Å²) in [6.45, 7) is 16.0. The lowest BCUT2D eigenvalue weighted by Crippen LogP contribution is -2.35. The molecule has 5 aromatic carbocycles. The topological polar surface area (TPSA) is 112 Å². The van der Waals surface area contributed by atoms with E-state index in [0.29, 0.717) is 26.2 Å². The summed E-state index contributed by atoms with van der Waals surface area (Å²) in [6.07, 6.45) is 0. The zero-order valence-electron chi connectivity index (χ0n) is 39.6. The quantitative estimate of drug-likeness (QED) is 0.0276. The smallest absolute Gasteiger partial charge is 0.322 e. The first-order valence-corrected chi connectivity index (χ1v) is 25.2. The minimum atomic E-state index is -0.808. The molecule has 0 aliphatic heterocycles. The lowest BCUT2D eigenvalue weighted by Gasteiger charge is -2.26. The van der Waals surface area contributed by atoms with Crippen LogP contribution in [0.3, 0.4) is 0 Å². The molecule has 0 N–H and O–H groups in total. The number of halogens is 4. The zero-order valence-corrected chi connectivity index (χ0v) is 45.9. The minimum absolute atomic E-state index is 0.148. The Labute approximate surface area is 433 Å². The van der Waals surface area contributed by atoms with E-state index in [9.17, 15) is 19.2 Å². The molecule has 5 rings (SSSR count). The zero-order chi connectivity index (χ0) is 49.9. The summed E-state index contributed by atoms with van der Waals surface area (Å²) in [5, 5.41) is 3.92. The monoisotopic (exact) mass is 1180 g/mol. The van der Waals surface area contributed by atoms with Gasteiger partial charge >= 0.3 is 23.9 Å². The van der Waals surface area contributed by atoms with Gasteiger partial charge in [0.15, 0.2) is 0 Å². The van der Waals surface area contributed by atoms with Crippen molar-refractivity contribution >= 4 is 121 Å². The van der Waals surface area contributed by atoms with Crippen LogP contribution in [0.2, 0.25) is 0 Å². The van der Waals surface area contributed by atoms with Gasteiger partial charge in [-0.3, -0.25) is 19.2 Å². The average molecular weight is 1180 g/mol. The van der Waals surface area contributed by atoms with E-state index < -0.39 is 17.3 Å². The van der Waals surface area contributed by atoms with E-state index >= 15 is 0 Å². The number of alkyl halides is 4. The molecule has 68 heavy (non-hydrogen) atoms. The van der Waals surface area contributed by atoms with Gasteiger partial charge < -0.3 is 28.7 Å². The maximum atomic E-state index is 12.4. The van der Waals surface area contributed by atoms with Gasteiger partial charge in [0.05, 0.1) is 26.2 Å². The first-order chi connectivity index (χ1) is 31.9. The van der Waals surface area contributed by atoms with Crippen molar-refractivity contribution in [1.82, 2.24) is 0 Å². The van der Waals surface area contributed by atoms with Crippen LogP contribution in [-0.2, 0) is 38.1 Å². The summed E-state index contributed by atoms with van der Waals surface area (Å²) in [6, 6.07) is 31.9. The van der Waals surface area contributed by atoms with Gasteiger partial charge in [-0.25, -0.2) is 0 Å². The van der Waals surface area contributed by atoms with E-state index in [0.717, 1.165) is 55.2 Å². The highest BCUT2D eigenvalue weighted by molar-refractivity contribution is 9.10.